The molecule has 0 spiro atoms. The van der Waals surface area contributed by atoms with Gasteiger partial charge in [0.1, 0.15) is 0 Å². The van der Waals surface area contributed by atoms with Crippen molar-refractivity contribution < 1.29 is 5.11 Å². The number of rotatable bonds is 4. The molecular weight excluding hydrogens is 136 g/mol. The minimum atomic E-state index is -0.182. The van der Waals surface area contributed by atoms with Crippen LogP contribution in [0.15, 0.2) is 0 Å². The predicted octanol–water partition coefficient (Wildman–Crippen LogP) is 2.20. The molecule has 1 nitrogen and oxygen atoms in total. The topological polar surface area (TPSA) is 20.2 Å². The maximum atomic E-state index is 9.26. The van der Waals surface area contributed by atoms with Crippen molar-refractivity contribution >= 4 is 0 Å². The van der Waals surface area contributed by atoms with Crippen molar-refractivity contribution in [1.82, 2.24) is 0 Å². The summed E-state index contributed by atoms with van der Waals surface area (Å²) in [6.45, 7) is 5.81. The Morgan fingerprint density at radius 3 is 2.45 bits per heavy atom. The Labute approximate surface area is 69.8 Å². The van der Waals surface area contributed by atoms with Gasteiger partial charge in [-0.1, -0.05) is 13.3 Å². The molecule has 0 bridgehead atoms. The lowest BCUT2D eigenvalue weighted by Crippen LogP contribution is -2.15. The quantitative estimate of drug-likeness (QED) is 0.615. The third-order valence-electron chi connectivity index (χ3n) is 2.02. The van der Waals surface area contributed by atoms with Crippen LogP contribution >= 0.6 is 0 Å². The van der Waals surface area contributed by atoms with Crippen molar-refractivity contribution in [3.8, 4) is 11.8 Å². The first-order chi connectivity index (χ1) is 5.22. The smallest absolute Gasteiger partial charge is 0.0540 e. The van der Waals surface area contributed by atoms with Crippen LogP contribution in [0.4, 0.5) is 0 Å². The monoisotopic (exact) mass is 154 g/mol. The van der Waals surface area contributed by atoms with Crippen LogP contribution < -0.4 is 0 Å². The van der Waals surface area contributed by atoms with Crippen LogP contribution in [0.1, 0.15) is 40.0 Å². The normalized spacial score (nSPS) is 14.9. The van der Waals surface area contributed by atoms with E-state index in [-0.39, 0.29) is 6.10 Å². The van der Waals surface area contributed by atoms with E-state index in [4.69, 9.17) is 0 Å². The van der Waals surface area contributed by atoms with E-state index < -0.39 is 0 Å². The van der Waals surface area contributed by atoms with E-state index in [1.54, 1.807) is 0 Å². The molecule has 11 heavy (non-hydrogen) atoms. The molecule has 64 valence electrons. The molecule has 0 radical (unpaired) electrons. The van der Waals surface area contributed by atoms with Gasteiger partial charge in [-0.25, -0.2) is 0 Å². The molecule has 2 unspecified atom stereocenters. The molecule has 0 aliphatic rings. The fourth-order valence-corrected chi connectivity index (χ4v) is 1.17. The SMILES string of the molecule is CC#CCCC(CC)C(C)O. The maximum absolute atomic E-state index is 9.26. The molecule has 0 saturated heterocycles. The summed E-state index contributed by atoms with van der Waals surface area (Å²) < 4.78 is 0. The second kappa shape index (κ2) is 6.24. The highest BCUT2D eigenvalue weighted by Gasteiger charge is 2.10. The van der Waals surface area contributed by atoms with Crippen molar-refractivity contribution in [1.29, 1.82) is 0 Å². The second-order valence-corrected chi connectivity index (χ2v) is 2.87. The number of aliphatic hydroxyl groups excluding tert-OH is 1. The van der Waals surface area contributed by atoms with E-state index in [2.05, 4.69) is 18.8 Å². The Hall–Kier alpha value is -0.480. The molecule has 1 N–H and O–H groups in total. The summed E-state index contributed by atoms with van der Waals surface area (Å²) >= 11 is 0. The molecule has 0 rings (SSSR count). The first-order valence-corrected chi connectivity index (χ1v) is 4.30. The molecule has 0 heterocycles. The van der Waals surface area contributed by atoms with Crippen LogP contribution in [0.5, 0.6) is 0 Å². The second-order valence-electron chi connectivity index (χ2n) is 2.87. The van der Waals surface area contributed by atoms with E-state index in [9.17, 15) is 5.11 Å². The van der Waals surface area contributed by atoms with Gasteiger partial charge in [0.25, 0.3) is 0 Å². The minimum absolute atomic E-state index is 0.182. The van der Waals surface area contributed by atoms with Gasteiger partial charge in [-0.15, -0.1) is 11.8 Å². The highest BCUT2D eigenvalue weighted by Crippen LogP contribution is 2.14. The van der Waals surface area contributed by atoms with Crippen molar-refractivity contribution in [2.45, 2.75) is 46.1 Å². The van der Waals surface area contributed by atoms with Crippen molar-refractivity contribution in [3.05, 3.63) is 0 Å². The Kier molecular flexibility index (Phi) is 5.97. The van der Waals surface area contributed by atoms with Crippen LogP contribution in [0, 0.1) is 17.8 Å². The summed E-state index contributed by atoms with van der Waals surface area (Å²) in [5, 5.41) is 9.26. The molecular formula is C10H18O. The standard InChI is InChI=1S/C10H18O/c1-4-6-7-8-10(5-2)9(3)11/h9-11H,5,7-8H2,1-3H3. The van der Waals surface area contributed by atoms with Crippen LogP contribution in [0.3, 0.4) is 0 Å². The zero-order valence-electron chi connectivity index (χ0n) is 7.72. The van der Waals surface area contributed by atoms with E-state index in [1.807, 2.05) is 13.8 Å². The lowest BCUT2D eigenvalue weighted by molar-refractivity contribution is 0.118. The Balaban J connectivity index is 3.58. The van der Waals surface area contributed by atoms with Crippen molar-refractivity contribution in [3.63, 3.8) is 0 Å². The summed E-state index contributed by atoms with van der Waals surface area (Å²) in [7, 11) is 0. The van der Waals surface area contributed by atoms with Gasteiger partial charge in [0.2, 0.25) is 0 Å². The number of hydrogen-bond acceptors (Lipinski definition) is 1. The number of hydrogen-bond donors (Lipinski definition) is 1. The zero-order chi connectivity index (χ0) is 8.69. The fourth-order valence-electron chi connectivity index (χ4n) is 1.17. The van der Waals surface area contributed by atoms with Crippen LogP contribution in [0.2, 0.25) is 0 Å². The maximum Gasteiger partial charge on any atom is 0.0540 e. The van der Waals surface area contributed by atoms with Crippen molar-refractivity contribution in [2.75, 3.05) is 0 Å². The van der Waals surface area contributed by atoms with Gasteiger partial charge in [0.05, 0.1) is 6.10 Å². The van der Waals surface area contributed by atoms with E-state index >= 15 is 0 Å². The summed E-state index contributed by atoms with van der Waals surface area (Å²) in [5.74, 6) is 6.29. The van der Waals surface area contributed by atoms with E-state index in [0.29, 0.717) is 5.92 Å². The van der Waals surface area contributed by atoms with Gasteiger partial charge in [-0.2, -0.15) is 0 Å². The third-order valence-corrected chi connectivity index (χ3v) is 2.02. The summed E-state index contributed by atoms with van der Waals surface area (Å²) in [4.78, 5) is 0. The fraction of sp³-hybridized carbons (Fsp3) is 0.800. The summed E-state index contributed by atoms with van der Waals surface area (Å²) in [5.41, 5.74) is 0. The molecule has 0 saturated carbocycles. The minimum Gasteiger partial charge on any atom is -0.393 e. The van der Waals surface area contributed by atoms with Gasteiger partial charge in [0.15, 0.2) is 0 Å². The van der Waals surface area contributed by atoms with Gasteiger partial charge in [-0.05, 0) is 26.2 Å². The molecule has 0 aromatic carbocycles. The Morgan fingerprint density at radius 1 is 1.45 bits per heavy atom. The summed E-state index contributed by atoms with van der Waals surface area (Å²) in [6.07, 6.45) is 2.80. The van der Waals surface area contributed by atoms with Gasteiger partial charge in [0, 0.05) is 6.42 Å². The Morgan fingerprint density at radius 2 is 2.09 bits per heavy atom. The molecule has 0 aliphatic carbocycles. The predicted molar refractivity (Wildman–Crippen MR) is 48.1 cm³/mol. The molecule has 0 aromatic rings. The molecule has 0 aliphatic heterocycles. The van der Waals surface area contributed by atoms with Gasteiger partial charge < -0.3 is 5.11 Å². The van der Waals surface area contributed by atoms with Crippen molar-refractivity contribution in [2.24, 2.45) is 5.92 Å². The molecule has 1 heteroatoms. The summed E-state index contributed by atoms with van der Waals surface area (Å²) in [6, 6.07) is 0. The number of aliphatic hydroxyl groups is 1. The molecule has 2 atom stereocenters. The average molecular weight is 154 g/mol. The zero-order valence-corrected chi connectivity index (χ0v) is 7.72. The first-order valence-electron chi connectivity index (χ1n) is 4.30. The van der Waals surface area contributed by atoms with Crippen LogP contribution in [-0.4, -0.2) is 11.2 Å². The third kappa shape index (κ3) is 4.86. The Bertz CT molecular complexity index is 139. The lowest BCUT2D eigenvalue weighted by atomic mass is 9.95. The first kappa shape index (κ1) is 10.5. The molecule has 0 aromatic heterocycles. The molecule has 0 fully saturated rings. The van der Waals surface area contributed by atoms with E-state index in [0.717, 1.165) is 19.3 Å². The lowest BCUT2D eigenvalue weighted by Gasteiger charge is -2.15. The van der Waals surface area contributed by atoms with Crippen LogP contribution in [0.25, 0.3) is 0 Å². The highest BCUT2D eigenvalue weighted by atomic mass is 16.3. The van der Waals surface area contributed by atoms with Crippen LogP contribution in [-0.2, 0) is 0 Å². The van der Waals surface area contributed by atoms with E-state index in [1.165, 1.54) is 0 Å². The van der Waals surface area contributed by atoms with Gasteiger partial charge >= 0.3 is 0 Å². The van der Waals surface area contributed by atoms with Gasteiger partial charge in [-0.3, -0.25) is 0 Å². The highest BCUT2D eigenvalue weighted by molar-refractivity contribution is 4.95. The molecule has 0 amide bonds. The average Bonchev–Trinajstić information content (AvgIpc) is 1.97. The largest absolute Gasteiger partial charge is 0.393 e.